The van der Waals surface area contributed by atoms with E-state index in [1.807, 2.05) is 30.3 Å². The molecule has 2 aliphatic carbocycles. The summed E-state index contributed by atoms with van der Waals surface area (Å²) in [6.45, 7) is 0. The van der Waals surface area contributed by atoms with E-state index in [1.165, 1.54) is 23.9 Å². The third kappa shape index (κ3) is 2.57. The van der Waals surface area contributed by atoms with Crippen molar-refractivity contribution in [2.45, 2.75) is 37.0 Å². The lowest BCUT2D eigenvalue weighted by molar-refractivity contribution is -0.118. The number of hydrogen-bond donors (Lipinski definition) is 2. The van der Waals surface area contributed by atoms with Crippen LogP contribution in [0.5, 0.6) is 5.75 Å². The molecular weight excluding hydrogens is 324 g/mol. The zero-order valence-corrected chi connectivity index (χ0v) is 14.8. The van der Waals surface area contributed by atoms with E-state index >= 15 is 0 Å². The Bertz CT molecular complexity index is 979. The van der Waals surface area contributed by atoms with Gasteiger partial charge in [0.1, 0.15) is 5.75 Å². The number of aromatic nitrogens is 1. The van der Waals surface area contributed by atoms with Gasteiger partial charge in [-0.2, -0.15) is 0 Å². The number of methoxy groups -OCH3 is 1. The number of carbonyl (C=O) groups is 1. The first-order valence-electron chi connectivity index (χ1n) is 9.27. The lowest BCUT2D eigenvalue weighted by Crippen LogP contribution is -2.27. The second-order valence-electron chi connectivity index (χ2n) is 7.57. The van der Waals surface area contributed by atoms with Crippen LogP contribution in [-0.2, 0) is 10.2 Å². The van der Waals surface area contributed by atoms with Gasteiger partial charge in [0.15, 0.2) is 0 Å². The van der Waals surface area contributed by atoms with Gasteiger partial charge in [0.25, 0.3) is 0 Å². The number of ether oxygens (including phenoxy) is 1. The van der Waals surface area contributed by atoms with Crippen LogP contribution in [0.4, 0.5) is 5.69 Å². The van der Waals surface area contributed by atoms with Gasteiger partial charge in [-0.1, -0.05) is 12.1 Å². The summed E-state index contributed by atoms with van der Waals surface area (Å²) in [5, 5.41) is 4.30. The highest BCUT2D eigenvalue weighted by Gasteiger charge is 2.51. The van der Waals surface area contributed by atoms with Crippen molar-refractivity contribution >= 4 is 22.5 Å². The predicted molar refractivity (Wildman–Crippen MR) is 103 cm³/mol. The first-order chi connectivity index (χ1) is 12.7. The van der Waals surface area contributed by atoms with E-state index in [1.54, 1.807) is 7.11 Å². The van der Waals surface area contributed by atoms with Crippen molar-refractivity contribution in [3.8, 4) is 5.75 Å². The number of hydrogen-bond acceptors (Lipinski definition) is 2. The van der Waals surface area contributed by atoms with Gasteiger partial charge in [0, 0.05) is 22.3 Å². The lowest BCUT2D eigenvalue weighted by Gasteiger charge is -2.16. The molecule has 0 unspecified atom stereocenters. The molecule has 2 aliphatic rings. The van der Waals surface area contributed by atoms with Gasteiger partial charge in [0.05, 0.1) is 12.5 Å². The van der Waals surface area contributed by atoms with Crippen molar-refractivity contribution in [2.75, 3.05) is 12.4 Å². The smallest absolute Gasteiger partial charge is 0.235 e. The van der Waals surface area contributed by atoms with Crippen LogP contribution in [0, 0.1) is 0 Å². The Hall–Kier alpha value is -2.75. The van der Waals surface area contributed by atoms with Gasteiger partial charge in [-0.05, 0) is 73.6 Å². The Morgan fingerprint density at radius 3 is 2.54 bits per heavy atom. The zero-order chi connectivity index (χ0) is 17.7. The molecule has 3 aromatic rings. The first-order valence-corrected chi connectivity index (χ1v) is 9.27. The topological polar surface area (TPSA) is 54.1 Å². The number of benzene rings is 2. The van der Waals surface area contributed by atoms with E-state index in [0.29, 0.717) is 5.92 Å². The number of H-pyrrole nitrogens is 1. The minimum absolute atomic E-state index is 0.0833. The average Bonchev–Trinajstić information content (AvgIpc) is 3.58. The molecule has 1 amide bonds. The molecule has 4 nitrogen and oxygen atoms in total. The van der Waals surface area contributed by atoms with E-state index in [0.717, 1.165) is 35.4 Å². The minimum Gasteiger partial charge on any atom is -0.497 e. The number of aromatic amines is 1. The van der Waals surface area contributed by atoms with Crippen LogP contribution < -0.4 is 10.1 Å². The fourth-order valence-electron chi connectivity index (χ4n) is 3.78. The highest BCUT2D eigenvalue weighted by Crippen LogP contribution is 2.49. The molecule has 2 fully saturated rings. The summed E-state index contributed by atoms with van der Waals surface area (Å²) in [6, 6.07) is 16.2. The predicted octanol–water partition coefficient (Wildman–Crippen LogP) is 4.72. The number of fused-ring (bicyclic) bond motifs is 1. The molecule has 132 valence electrons. The van der Waals surface area contributed by atoms with Crippen molar-refractivity contribution in [1.29, 1.82) is 0 Å². The summed E-state index contributed by atoms with van der Waals surface area (Å²) in [4.78, 5) is 16.5. The van der Waals surface area contributed by atoms with E-state index in [2.05, 4.69) is 28.5 Å². The molecule has 1 aromatic heterocycles. The van der Waals surface area contributed by atoms with Crippen LogP contribution in [0.1, 0.15) is 42.9 Å². The SMILES string of the molecule is COc1ccc(C2(C(=O)Nc3ccc4[nH]c(C5CC5)cc4c3)CC2)cc1. The summed E-state index contributed by atoms with van der Waals surface area (Å²) in [6.07, 6.45) is 4.34. The molecule has 2 N–H and O–H groups in total. The molecule has 2 saturated carbocycles. The van der Waals surface area contributed by atoms with Crippen LogP contribution in [0.3, 0.4) is 0 Å². The molecular formula is C22H22N2O2. The van der Waals surface area contributed by atoms with E-state index in [-0.39, 0.29) is 5.91 Å². The molecule has 0 spiro atoms. The molecule has 1 heterocycles. The average molecular weight is 346 g/mol. The van der Waals surface area contributed by atoms with Crippen LogP contribution in [0.2, 0.25) is 0 Å². The maximum atomic E-state index is 13.0. The van der Waals surface area contributed by atoms with E-state index < -0.39 is 5.41 Å². The van der Waals surface area contributed by atoms with Crippen LogP contribution in [0.25, 0.3) is 10.9 Å². The number of anilines is 1. The molecule has 0 bridgehead atoms. The van der Waals surface area contributed by atoms with E-state index in [9.17, 15) is 4.79 Å². The maximum absolute atomic E-state index is 13.0. The lowest BCUT2D eigenvalue weighted by atomic mass is 9.94. The molecule has 0 radical (unpaired) electrons. The molecule has 0 aliphatic heterocycles. The number of carbonyl (C=O) groups excluding carboxylic acids is 1. The summed E-state index contributed by atoms with van der Waals surface area (Å²) in [5.41, 5.74) is 4.00. The monoisotopic (exact) mass is 346 g/mol. The molecule has 0 atom stereocenters. The molecule has 2 aromatic carbocycles. The summed E-state index contributed by atoms with van der Waals surface area (Å²) in [5.74, 6) is 1.60. The van der Waals surface area contributed by atoms with Gasteiger partial charge < -0.3 is 15.0 Å². The van der Waals surface area contributed by atoms with Crippen molar-refractivity contribution in [1.82, 2.24) is 4.98 Å². The fourth-order valence-corrected chi connectivity index (χ4v) is 3.78. The zero-order valence-electron chi connectivity index (χ0n) is 14.8. The molecule has 5 rings (SSSR count). The Kier molecular flexibility index (Phi) is 3.36. The highest BCUT2D eigenvalue weighted by molar-refractivity contribution is 6.02. The number of nitrogens with one attached hydrogen (secondary N) is 2. The van der Waals surface area contributed by atoms with Gasteiger partial charge in [-0.15, -0.1) is 0 Å². The van der Waals surface area contributed by atoms with Crippen molar-refractivity contribution in [3.05, 3.63) is 59.8 Å². The Morgan fingerprint density at radius 2 is 1.88 bits per heavy atom. The second kappa shape index (κ2) is 5.63. The van der Waals surface area contributed by atoms with Gasteiger partial charge in [-0.25, -0.2) is 0 Å². The standard InChI is InChI=1S/C22H22N2O2/c1-26-18-7-4-16(5-8-18)22(10-11-22)21(25)23-17-6-9-19-15(12-17)13-20(24-19)14-2-3-14/h4-9,12-14,24H,2-3,10-11H2,1H3,(H,23,25). The second-order valence-corrected chi connectivity index (χ2v) is 7.57. The summed E-state index contributed by atoms with van der Waals surface area (Å²) < 4.78 is 5.22. The van der Waals surface area contributed by atoms with Gasteiger partial charge in [-0.3, -0.25) is 4.79 Å². The van der Waals surface area contributed by atoms with Crippen LogP contribution in [-0.4, -0.2) is 18.0 Å². The molecule has 4 heteroatoms. The van der Waals surface area contributed by atoms with Gasteiger partial charge in [0.2, 0.25) is 5.91 Å². The third-order valence-electron chi connectivity index (χ3n) is 5.74. The number of rotatable bonds is 5. The third-order valence-corrected chi connectivity index (χ3v) is 5.74. The first kappa shape index (κ1) is 15.5. The van der Waals surface area contributed by atoms with Crippen molar-refractivity contribution < 1.29 is 9.53 Å². The largest absolute Gasteiger partial charge is 0.497 e. The van der Waals surface area contributed by atoms with Crippen molar-refractivity contribution in [2.24, 2.45) is 0 Å². The molecule has 0 saturated heterocycles. The Balaban J connectivity index is 1.38. The van der Waals surface area contributed by atoms with Crippen LogP contribution >= 0.6 is 0 Å². The minimum atomic E-state index is -0.390. The van der Waals surface area contributed by atoms with Crippen molar-refractivity contribution in [3.63, 3.8) is 0 Å². The summed E-state index contributed by atoms with van der Waals surface area (Å²) in [7, 11) is 1.65. The quantitative estimate of drug-likeness (QED) is 0.702. The van der Waals surface area contributed by atoms with Crippen LogP contribution in [0.15, 0.2) is 48.5 Å². The Labute approximate surface area is 152 Å². The Morgan fingerprint density at radius 1 is 1.12 bits per heavy atom. The van der Waals surface area contributed by atoms with Gasteiger partial charge >= 0.3 is 0 Å². The summed E-state index contributed by atoms with van der Waals surface area (Å²) >= 11 is 0. The normalized spacial score (nSPS) is 17.9. The fraction of sp³-hybridized carbons (Fsp3) is 0.318. The number of amides is 1. The highest BCUT2D eigenvalue weighted by atomic mass is 16.5. The molecule has 26 heavy (non-hydrogen) atoms. The van der Waals surface area contributed by atoms with E-state index in [4.69, 9.17) is 4.74 Å². The maximum Gasteiger partial charge on any atom is 0.235 e.